The number of rotatable bonds is 3. The van der Waals surface area contributed by atoms with Crippen molar-refractivity contribution in [3.05, 3.63) is 11.6 Å². The van der Waals surface area contributed by atoms with Gasteiger partial charge in [-0.05, 0) is 32.1 Å². The number of hydrogen-bond donors (Lipinski definition) is 1. The van der Waals surface area contributed by atoms with Crippen molar-refractivity contribution < 1.29 is 9.64 Å². The molecule has 2 nitrogen and oxygen atoms in total. The Kier molecular flexibility index (Phi) is 4.47. The van der Waals surface area contributed by atoms with E-state index < -0.39 is 0 Å². The molecule has 0 radical (unpaired) electrons. The summed E-state index contributed by atoms with van der Waals surface area (Å²) in [5.41, 5.74) is 2.06. The van der Waals surface area contributed by atoms with E-state index in [1.807, 2.05) is 0 Å². The highest BCUT2D eigenvalue weighted by Crippen LogP contribution is 2.49. The Balaban J connectivity index is 1.87. The van der Waals surface area contributed by atoms with Gasteiger partial charge in [-0.1, -0.05) is 38.3 Å². The van der Waals surface area contributed by atoms with Gasteiger partial charge in [-0.3, -0.25) is 0 Å². The van der Waals surface area contributed by atoms with Gasteiger partial charge in [0.15, 0.2) is 0 Å². The van der Waals surface area contributed by atoms with E-state index in [0.29, 0.717) is 18.1 Å². The van der Waals surface area contributed by atoms with Crippen molar-refractivity contribution in [2.45, 2.75) is 71.0 Å². The van der Waals surface area contributed by atoms with Gasteiger partial charge in [-0.15, -0.1) is 0 Å². The number of fused-ring (bicyclic) bond motifs is 3. The van der Waals surface area contributed by atoms with Gasteiger partial charge in [-0.2, -0.15) is 0 Å². The maximum absolute atomic E-state index is 6.77. The molecule has 1 N–H and O–H groups in total. The van der Waals surface area contributed by atoms with Crippen LogP contribution in [0.1, 0.15) is 58.8 Å². The molecule has 2 aliphatic carbocycles. The van der Waals surface area contributed by atoms with Crippen molar-refractivity contribution in [3.8, 4) is 0 Å². The Morgan fingerprint density at radius 1 is 1.10 bits per heavy atom. The number of nitrogens with one attached hydrogen (secondary N) is 1. The molecule has 0 aromatic carbocycles. The van der Waals surface area contributed by atoms with Crippen molar-refractivity contribution in [2.75, 3.05) is 20.6 Å². The molecule has 4 atom stereocenters. The quantitative estimate of drug-likeness (QED) is 0.790. The number of allylic oxidation sites excluding steroid dienone is 1. The second kappa shape index (κ2) is 6.04. The van der Waals surface area contributed by atoms with Crippen LogP contribution in [0.5, 0.6) is 0 Å². The third-order valence-electron chi connectivity index (χ3n) is 5.92. The predicted molar refractivity (Wildman–Crippen MR) is 87.5 cm³/mol. The minimum atomic E-state index is 0.266. The fraction of sp³-hybridized carbons (Fsp3) is 0.895. The normalized spacial score (nSPS) is 36.9. The molecule has 0 bridgehead atoms. The second-order valence-corrected chi connectivity index (χ2v) is 8.60. The van der Waals surface area contributed by atoms with Crippen molar-refractivity contribution in [1.82, 2.24) is 0 Å². The summed E-state index contributed by atoms with van der Waals surface area (Å²) in [4.78, 5) is 1.54. The third-order valence-corrected chi connectivity index (χ3v) is 5.92. The molecule has 0 amide bonds. The summed E-state index contributed by atoms with van der Waals surface area (Å²) in [6.45, 7) is 6.05. The number of quaternary nitrogens is 1. The van der Waals surface area contributed by atoms with Crippen LogP contribution in [0.25, 0.3) is 0 Å². The summed E-state index contributed by atoms with van der Waals surface area (Å²) in [6.07, 6.45) is 13.0. The molecule has 3 aliphatic rings. The van der Waals surface area contributed by atoms with Crippen molar-refractivity contribution in [2.24, 2.45) is 17.3 Å². The largest absolute Gasteiger partial charge is 0.373 e. The van der Waals surface area contributed by atoms with Crippen molar-refractivity contribution in [3.63, 3.8) is 0 Å². The highest BCUT2D eigenvalue weighted by molar-refractivity contribution is 5.21. The van der Waals surface area contributed by atoms with Crippen molar-refractivity contribution >= 4 is 0 Å². The van der Waals surface area contributed by atoms with Crippen LogP contribution in [0, 0.1) is 17.3 Å². The molecule has 0 aromatic heterocycles. The summed E-state index contributed by atoms with van der Waals surface area (Å²) in [5.74, 6) is 1.45. The van der Waals surface area contributed by atoms with Gasteiger partial charge < -0.3 is 9.64 Å². The van der Waals surface area contributed by atoms with E-state index in [1.165, 1.54) is 56.4 Å². The lowest BCUT2D eigenvalue weighted by molar-refractivity contribution is -0.866. The molecule has 2 fully saturated rings. The predicted octanol–water partition coefficient (Wildman–Crippen LogP) is 2.84. The Morgan fingerprint density at radius 3 is 2.57 bits per heavy atom. The number of ether oxygens (including phenoxy) is 1. The molecule has 1 saturated carbocycles. The average Bonchev–Trinajstić information content (AvgIpc) is 2.45. The number of hydrogen-bond acceptors (Lipinski definition) is 1. The maximum atomic E-state index is 6.77. The van der Waals surface area contributed by atoms with E-state index in [1.54, 1.807) is 5.57 Å². The zero-order valence-corrected chi connectivity index (χ0v) is 14.5. The minimum Gasteiger partial charge on any atom is -0.373 e. The highest BCUT2D eigenvalue weighted by Gasteiger charge is 2.49. The van der Waals surface area contributed by atoms with Gasteiger partial charge in [0.2, 0.25) is 0 Å². The minimum absolute atomic E-state index is 0.266. The Morgan fingerprint density at radius 2 is 1.81 bits per heavy atom. The molecule has 120 valence electrons. The van der Waals surface area contributed by atoms with Gasteiger partial charge in [0.25, 0.3) is 0 Å². The summed E-state index contributed by atoms with van der Waals surface area (Å²) >= 11 is 0. The first-order valence-electron chi connectivity index (χ1n) is 9.13. The van der Waals surface area contributed by atoms with E-state index in [4.69, 9.17) is 4.74 Å². The van der Waals surface area contributed by atoms with Gasteiger partial charge >= 0.3 is 0 Å². The zero-order valence-electron chi connectivity index (χ0n) is 14.5. The van der Waals surface area contributed by atoms with Crippen molar-refractivity contribution in [1.29, 1.82) is 0 Å². The molecular weight excluding hydrogens is 258 g/mol. The van der Waals surface area contributed by atoms with Crippen LogP contribution in [0.4, 0.5) is 0 Å². The fourth-order valence-electron chi connectivity index (χ4n) is 5.34. The lowest BCUT2D eigenvalue weighted by atomic mass is 9.64. The van der Waals surface area contributed by atoms with Gasteiger partial charge in [0.05, 0.1) is 32.8 Å². The van der Waals surface area contributed by atoms with Gasteiger partial charge in [0.1, 0.15) is 0 Å². The first-order chi connectivity index (χ1) is 9.99. The standard InChI is InChI=1S/C19H33NO/c1-19(2,13-20(3)4)18-16-11-6-5-9-14(16)15-10-7-8-12-17(15)21-18/h9,15-18H,5-8,10-13H2,1-4H3/p+1/t15-,16-,17-,18-/m1/s1. The van der Waals surface area contributed by atoms with Crippen LogP contribution in [-0.2, 0) is 4.74 Å². The molecule has 2 heteroatoms. The van der Waals surface area contributed by atoms with E-state index in [-0.39, 0.29) is 5.41 Å². The van der Waals surface area contributed by atoms with Crippen LogP contribution >= 0.6 is 0 Å². The molecule has 0 unspecified atom stereocenters. The first kappa shape index (κ1) is 15.6. The van der Waals surface area contributed by atoms with E-state index in [2.05, 4.69) is 34.0 Å². The Labute approximate surface area is 130 Å². The monoisotopic (exact) mass is 292 g/mol. The summed E-state index contributed by atoms with van der Waals surface area (Å²) < 4.78 is 6.77. The summed E-state index contributed by atoms with van der Waals surface area (Å²) in [6, 6.07) is 0. The Bertz CT molecular complexity index is 398. The fourth-order valence-corrected chi connectivity index (χ4v) is 5.34. The molecule has 0 spiro atoms. The second-order valence-electron chi connectivity index (χ2n) is 8.60. The smallest absolute Gasteiger partial charge is 0.0843 e. The molecule has 1 heterocycles. The van der Waals surface area contributed by atoms with Crippen LogP contribution in [0.15, 0.2) is 11.6 Å². The van der Waals surface area contributed by atoms with E-state index in [0.717, 1.165) is 5.92 Å². The average molecular weight is 292 g/mol. The van der Waals surface area contributed by atoms with Crippen LogP contribution in [0.2, 0.25) is 0 Å². The lowest BCUT2D eigenvalue weighted by Gasteiger charge is -2.52. The van der Waals surface area contributed by atoms with E-state index >= 15 is 0 Å². The molecule has 1 saturated heterocycles. The first-order valence-corrected chi connectivity index (χ1v) is 9.13. The topological polar surface area (TPSA) is 13.7 Å². The third kappa shape index (κ3) is 3.07. The zero-order chi connectivity index (χ0) is 15.0. The van der Waals surface area contributed by atoms with Gasteiger partial charge in [0, 0.05) is 17.3 Å². The maximum Gasteiger partial charge on any atom is 0.0843 e. The summed E-state index contributed by atoms with van der Waals surface area (Å²) in [5, 5.41) is 0. The van der Waals surface area contributed by atoms with Crippen LogP contribution in [-0.4, -0.2) is 32.8 Å². The molecule has 0 aromatic rings. The molecule has 3 rings (SSSR count). The van der Waals surface area contributed by atoms with E-state index in [9.17, 15) is 0 Å². The molecule has 21 heavy (non-hydrogen) atoms. The SMILES string of the molecule is C[NH+](C)CC(C)(C)[C@@H]1O[C@@H]2CCCC[C@@H]2C2=CCCC[C@H]21. The van der Waals surface area contributed by atoms with Gasteiger partial charge in [-0.25, -0.2) is 0 Å². The van der Waals surface area contributed by atoms with Crippen LogP contribution < -0.4 is 4.90 Å². The lowest BCUT2D eigenvalue weighted by Crippen LogP contribution is -3.07. The molecule has 1 aliphatic heterocycles. The highest BCUT2D eigenvalue weighted by atomic mass is 16.5. The van der Waals surface area contributed by atoms with Crippen LogP contribution in [0.3, 0.4) is 0 Å². The summed E-state index contributed by atoms with van der Waals surface area (Å²) in [7, 11) is 4.54. The molecular formula is C19H34NO+. The Hall–Kier alpha value is -0.340.